The van der Waals surface area contributed by atoms with Crippen molar-refractivity contribution >= 4 is 17.7 Å². The molecule has 0 spiro atoms. The highest BCUT2D eigenvalue weighted by Crippen LogP contribution is 2.26. The van der Waals surface area contributed by atoms with Gasteiger partial charge in [0.25, 0.3) is 17.7 Å². The number of imide groups is 1. The number of benzene rings is 2. The van der Waals surface area contributed by atoms with Crippen LogP contribution < -0.4 is 10.1 Å². The minimum Gasteiger partial charge on any atom is -0.467 e. The Balaban J connectivity index is 1.29. The largest absolute Gasteiger partial charge is 0.467 e. The zero-order valence-electron chi connectivity index (χ0n) is 18.2. The van der Waals surface area contributed by atoms with Crippen LogP contribution >= 0.6 is 0 Å². The maximum atomic E-state index is 13.5. The maximum absolute atomic E-state index is 13.5. The number of nitrogens with one attached hydrogen (secondary N) is 1. The lowest BCUT2D eigenvalue weighted by molar-refractivity contribution is 0.0631. The first kappa shape index (κ1) is 22.0. The molecule has 0 bridgehead atoms. The predicted octanol–water partition coefficient (Wildman–Crippen LogP) is 4.33. The maximum Gasteiger partial charge on any atom is 0.261 e. The number of carbonyl (C=O) groups is 3. The quantitative estimate of drug-likeness (QED) is 0.403. The highest BCUT2D eigenvalue weighted by molar-refractivity contribution is 6.22. The van der Waals surface area contributed by atoms with Crippen LogP contribution in [0, 0.1) is 5.82 Å². The summed E-state index contributed by atoms with van der Waals surface area (Å²) in [5, 5.41) is 2.76. The van der Waals surface area contributed by atoms with Gasteiger partial charge in [0.2, 0.25) is 5.88 Å². The number of hydrogen-bond acceptors (Lipinski definition) is 6. The van der Waals surface area contributed by atoms with E-state index in [0.717, 1.165) is 4.90 Å². The van der Waals surface area contributed by atoms with Crippen LogP contribution in [-0.2, 0) is 13.1 Å². The Morgan fingerprint density at radius 1 is 1.00 bits per heavy atom. The molecule has 0 radical (unpaired) electrons. The molecule has 3 heterocycles. The number of aromatic nitrogens is 1. The van der Waals surface area contributed by atoms with Crippen molar-refractivity contribution in [2.24, 2.45) is 0 Å². The molecule has 5 rings (SSSR count). The number of nitrogens with zero attached hydrogens (tertiary/aromatic N) is 2. The molecule has 8 nitrogen and oxygen atoms in total. The first-order valence-corrected chi connectivity index (χ1v) is 10.7. The fourth-order valence-electron chi connectivity index (χ4n) is 3.70. The Kier molecular flexibility index (Phi) is 5.80. The van der Waals surface area contributed by atoms with Crippen molar-refractivity contribution in [2.75, 3.05) is 0 Å². The third-order valence-electron chi connectivity index (χ3n) is 5.43. The second-order valence-electron chi connectivity index (χ2n) is 7.75. The number of pyridine rings is 1. The highest BCUT2D eigenvalue weighted by atomic mass is 19.1. The summed E-state index contributed by atoms with van der Waals surface area (Å²) in [5.74, 6) is -0.847. The standard InChI is InChI=1S/C26H18FN3O5/c27-18-5-1-6-19(13-18)35-24-17(4-2-10-28-24)14-29-23(31)16-8-9-21-22(12-16)26(33)30(25(21)32)15-20-7-3-11-34-20/h1-13H,14-15H2,(H,29,31). The van der Waals surface area contributed by atoms with Gasteiger partial charge in [-0.2, -0.15) is 0 Å². The van der Waals surface area contributed by atoms with E-state index in [0.29, 0.717) is 11.3 Å². The van der Waals surface area contributed by atoms with Gasteiger partial charge in [-0.1, -0.05) is 12.1 Å². The smallest absolute Gasteiger partial charge is 0.261 e. The van der Waals surface area contributed by atoms with Crippen LogP contribution in [0.3, 0.4) is 0 Å². The SMILES string of the molecule is O=C(NCc1cccnc1Oc1cccc(F)c1)c1ccc2c(c1)C(=O)N(Cc1ccco1)C2=O. The Bertz CT molecular complexity index is 1430. The molecule has 1 aliphatic heterocycles. The van der Waals surface area contributed by atoms with E-state index in [9.17, 15) is 18.8 Å². The van der Waals surface area contributed by atoms with Crippen LogP contribution in [0.25, 0.3) is 0 Å². The van der Waals surface area contributed by atoms with Crippen molar-refractivity contribution in [1.29, 1.82) is 0 Å². The summed E-state index contributed by atoms with van der Waals surface area (Å²) in [6.45, 7) is 0.0852. The van der Waals surface area contributed by atoms with E-state index in [4.69, 9.17) is 9.15 Å². The summed E-state index contributed by atoms with van der Waals surface area (Å²) in [7, 11) is 0. The van der Waals surface area contributed by atoms with E-state index in [1.54, 1.807) is 30.3 Å². The molecular formula is C26H18FN3O5. The van der Waals surface area contributed by atoms with Gasteiger partial charge in [0.05, 0.1) is 23.9 Å². The van der Waals surface area contributed by atoms with Gasteiger partial charge in [0, 0.05) is 29.9 Å². The van der Waals surface area contributed by atoms with Gasteiger partial charge in [-0.05, 0) is 48.5 Å². The van der Waals surface area contributed by atoms with Crippen molar-refractivity contribution in [1.82, 2.24) is 15.2 Å². The van der Waals surface area contributed by atoms with Crippen molar-refractivity contribution in [3.8, 4) is 11.6 Å². The van der Waals surface area contributed by atoms with Crippen LogP contribution in [0.4, 0.5) is 4.39 Å². The lowest BCUT2D eigenvalue weighted by Crippen LogP contribution is -2.28. The molecule has 0 atom stereocenters. The average molecular weight is 471 g/mol. The lowest BCUT2D eigenvalue weighted by atomic mass is 10.1. The molecule has 3 amide bonds. The van der Waals surface area contributed by atoms with Gasteiger partial charge in [-0.15, -0.1) is 0 Å². The van der Waals surface area contributed by atoms with Crippen molar-refractivity contribution in [3.05, 3.63) is 113 Å². The van der Waals surface area contributed by atoms with Crippen molar-refractivity contribution in [3.63, 3.8) is 0 Å². The van der Waals surface area contributed by atoms with E-state index in [2.05, 4.69) is 10.3 Å². The van der Waals surface area contributed by atoms with Gasteiger partial charge in [0.15, 0.2) is 0 Å². The molecule has 0 aliphatic carbocycles. The average Bonchev–Trinajstić information content (AvgIpc) is 3.46. The van der Waals surface area contributed by atoms with Gasteiger partial charge in [-0.25, -0.2) is 9.37 Å². The summed E-state index contributed by atoms with van der Waals surface area (Å²) >= 11 is 0. The molecule has 0 unspecified atom stereocenters. The van der Waals surface area contributed by atoms with Crippen LogP contribution in [0.5, 0.6) is 11.6 Å². The lowest BCUT2D eigenvalue weighted by Gasteiger charge is -2.11. The topological polar surface area (TPSA) is 102 Å². The Labute approximate surface area is 199 Å². The number of ether oxygens (including phenoxy) is 1. The summed E-state index contributed by atoms with van der Waals surface area (Å²) in [5.41, 5.74) is 1.19. The van der Waals surface area contributed by atoms with Crippen LogP contribution in [0.2, 0.25) is 0 Å². The third kappa shape index (κ3) is 4.51. The molecule has 1 N–H and O–H groups in total. The number of fused-ring (bicyclic) bond motifs is 1. The van der Waals surface area contributed by atoms with E-state index < -0.39 is 23.5 Å². The van der Waals surface area contributed by atoms with E-state index in [1.807, 2.05) is 0 Å². The van der Waals surface area contributed by atoms with Gasteiger partial charge >= 0.3 is 0 Å². The van der Waals surface area contributed by atoms with E-state index >= 15 is 0 Å². The molecule has 0 saturated heterocycles. The molecule has 4 aromatic rings. The molecule has 0 fully saturated rings. The zero-order valence-corrected chi connectivity index (χ0v) is 18.2. The van der Waals surface area contributed by atoms with Crippen molar-refractivity contribution < 1.29 is 27.9 Å². The van der Waals surface area contributed by atoms with Crippen LogP contribution in [-0.4, -0.2) is 27.6 Å². The fraction of sp³-hybridized carbons (Fsp3) is 0.0769. The summed E-state index contributed by atoms with van der Waals surface area (Å²) in [4.78, 5) is 43.5. The number of rotatable bonds is 7. The second-order valence-corrected chi connectivity index (χ2v) is 7.75. The molecule has 2 aromatic heterocycles. The van der Waals surface area contributed by atoms with E-state index in [-0.39, 0.29) is 41.4 Å². The predicted molar refractivity (Wildman–Crippen MR) is 121 cm³/mol. The minimum absolute atomic E-state index is 0.00990. The van der Waals surface area contributed by atoms with Crippen LogP contribution in [0.1, 0.15) is 42.4 Å². The Hall–Kier alpha value is -4.79. The monoisotopic (exact) mass is 471 g/mol. The number of halogens is 1. The Morgan fingerprint density at radius 3 is 2.66 bits per heavy atom. The fourth-order valence-corrected chi connectivity index (χ4v) is 3.70. The molecule has 0 saturated carbocycles. The van der Waals surface area contributed by atoms with Gasteiger partial charge < -0.3 is 14.5 Å². The van der Waals surface area contributed by atoms with Gasteiger partial charge in [-0.3, -0.25) is 19.3 Å². The summed E-state index contributed by atoms with van der Waals surface area (Å²) in [6.07, 6.45) is 2.99. The molecule has 9 heteroatoms. The highest BCUT2D eigenvalue weighted by Gasteiger charge is 2.36. The Morgan fingerprint density at radius 2 is 1.86 bits per heavy atom. The molecule has 35 heavy (non-hydrogen) atoms. The summed E-state index contributed by atoms with van der Waals surface area (Å²) < 4.78 is 24.4. The first-order valence-electron chi connectivity index (χ1n) is 10.7. The van der Waals surface area contributed by atoms with Gasteiger partial charge in [0.1, 0.15) is 17.3 Å². The minimum atomic E-state index is -0.492. The second kappa shape index (κ2) is 9.22. The summed E-state index contributed by atoms with van der Waals surface area (Å²) in [6, 6.07) is 16.8. The van der Waals surface area contributed by atoms with E-state index in [1.165, 1.54) is 48.9 Å². The molecule has 174 valence electrons. The number of furan rings is 1. The van der Waals surface area contributed by atoms with Crippen LogP contribution in [0.15, 0.2) is 83.6 Å². The first-order chi connectivity index (χ1) is 17.0. The number of hydrogen-bond donors (Lipinski definition) is 1. The number of amides is 3. The van der Waals surface area contributed by atoms with Crippen molar-refractivity contribution in [2.45, 2.75) is 13.1 Å². The molecule has 1 aliphatic rings. The normalized spacial score (nSPS) is 12.5. The third-order valence-corrected chi connectivity index (χ3v) is 5.43. The molecular weight excluding hydrogens is 453 g/mol. The molecule has 2 aromatic carbocycles. The zero-order chi connectivity index (χ0) is 24.4. The number of carbonyl (C=O) groups excluding carboxylic acids is 3.